The van der Waals surface area contributed by atoms with E-state index in [2.05, 4.69) is 172 Å². The molecule has 0 aromatic heterocycles. The SMILES string of the molecule is C/C=C\C(=C/CC)c1ccc(C2(C)CC3(c4ccc(-c5ccccc5)cc4)CCC3(c3ccc(-c4ccccc4)cc3)C2)cc1. The van der Waals surface area contributed by atoms with Crippen LogP contribution in [-0.4, -0.2) is 0 Å². The molecule has 0 aliphatic heterocycles. The van der Waals surface area contributed by atoms with E-state index >= 15 is 0 Å². The van der Waals surface area contributed by atoms with Crippen LogP contribution in [0.5, 0.6) is 0 Å². The summed E-state index contributed by atoms with van der Waals surface area (Å²) in [4.78, 5) is 0. The normalized spacial score (nSPS) is 24.4. The highest BCUT2D eigenvalue weighted by atomic mass is 14.7. The van der Waals surface area contributed by atoms with Crippen molar-refractivity contribution in [2.24, 2.45) is 0 Å². The van der Waals surface area contributed by atoms with E-state index in [1.54, 1.807) is 0 Å². The van der Waals surface area contributed by atoms with Gasteiger partial charge in [0.25, 0.3) is 0 Å². The van der Waals surface area contributed by atoms with E-state index in [1.165, 1.54) is 62.9 Å². The first-order chi connectivity index (χ1) is 22.0. The van der Waals surface area contributed by atoms with Crippen molar-refractivity contribution < 1.29 is 0 Å². The van der Waals surface area contributed by atoms with Crippen molar-refractivity contribution in [1.82, 2.24) is 0 Å². The van der Waals surface area contributed by atoms with Gasteiger partial charge in [0, 0.05) is 10.8 Å². The molecule has 2 saturated carbocycles. The summed E-state index contributed by atoms with van der Waals surface area (Å²) in [5, 5.41) is 0. The van der Waals surface area contributed by atoms with Crippen LogP contribution in [0.15, 0.2) is 152 Å². The number of hydrogen-bond donors (Lipinski definition) is 0. The number of rotatable bonds is 8. The summed E-state index contributed by atoms with van der Waals surface area (Å²) in [5.74, 6) is 0. The second-order valence-corrected chi connectivity index (χ2v) is 13.6. The van der Waals surface area contributed by atoms with E-state index in [0.29, 0.717) is 0 Å². The minimum absolute atomic E-state index is 0.0838. The molecule has 0 N–H and O–H groups in total. The van der Waals surface area contributed by atoms with Gasteiger partial charge in [0.1, 0.15) is 0 Å². The fourth-order valence-corrected chi connectivity index (χ4v) is 8.86. The van der Waals surface area contributed by atoms with Crippen molar-refractivity contribution in [1.29, 1.82) is 0 Å². The third-order valence-corrected chi connectivity index (χ3v) is 11.1. The highest BCUT2D eigenvalue weighted by molar-refractivity contribution is 5.74. The Morgan fingerprint density at radius 2 is 0.978 bits per heavy atom. The van der Waals surface area contributed by atoms with Crippen molar-refractivity contribution in [2.45, 2.75) is 69.1 Å². The van der Waals surface area contributed by atoms with Crippen molar-refractivity contribution >= 4 is 5.57 Å². The summed E-state index contributed by atoms with van der Waals surface area (Å²) < 4.78 is 0. The van der Waals surface area contributed by atoms with E-state index in [9.17, 15) is 0 Å². The molecule has 0 saturated heterocycles. The molecule has 2 fully saturated rings. The van der Waals surface area contributed by atoms with Gasteiger partial charge in [0.15, 0.2) is 0 Å². The van der Waals surface area contributed by atoms with Crippen LogP contribution in [0.4, 0.5) is 0 Å². The maximum atomic E-state index is 2.54. The molecular formula is C45H44. The van der Waals surface area contributed by atoms with Crippen LogP contribution < -0.4 is 0 Å². The smallest absolute Gasteiger partial charge is 0.00588 e. The molecule has 0 nitrogen and oxygen atoms in total. The number of fused-ring (bicyclic) bond motifs is 1. The maximum absolute atomic E-state index is 2.54. The molecule has 0 heteroatoms. The monoisotopic (exact) mass is 584 g/mol. The van der Waals surface area contributed by atoms with Crippen LogP contribution in [0.3, 0.4) is 0 Å². The van der Waals surface area contributed by atoms with Crippen LogP contribution in [0, 0.1) is 0 Å². The van der Waals surface area contributed by atoms with Crippen molar-refractivity contribution in [3.63, 3.8) is 0 Å². The predicted octanol–water partition coefficient (Wildman–Crippen LogP) is 12.1. The number of benzene rings is 5. The van der Waals surface area contributed by atoms with Crippen molar-refractivity contribution in [2.75, 3.05) is 0 Å². The molecule has 0 amide bonds. The lowest BCUT2D eigenvalue weighted by Gasteiger charge is -2.57. The molecule has 224 valence electrons. The molecule has 0 heterocycles. The van der Waals surface area contributed by atoms with Gasteiger partial charge in [-0.05, 0) is 94.5 Å². The fourth-order valence-electron chi connectivity index (χ4n) is 8.86. The Kier molecular flexibility index (Phi) is 7.70. The summed E-state index contributed by atoms with van der Waals surface area (Å²) >= 11 is 0. The summed E-state index contributed by atoms with van der Waals surface area (Å²) in [6, 6.07) is 50.3. The van der Waals surface area contributed by atoms with Crippen LogP contribution in [-0.2, 0) is 16.2 Å². The van der Waals surface area contributed by atoms with E-state index in [-0.39, 0.29) is 16.2 Å². The van der Waals surface area contributed by atoms with Crippen molar-refractivity contribution in [3.05, 3.63) is 174 Å². The van der Waals surface area contributed by atoms with Gasteiger partial charge in [-0.25, -0.2) is 0 Å². The Balaban J connectivity index is 1.29. The van der Waals surface area contributed by atoms with Crippen LogP contribution in [0.2, 0.25) is 0 Å². The molecule has 0 spiro atoms. The fraction of sp³-hybridized carbons (Fsp3) is 0.244. The van der Waals surface area contributed by atoms with Crippen LogP contribution >= 0.6 is 0 Å². The summed E-state index contributed by atoms with van der Waals surface area (Å²) in [7, 11) is 0. The molecule has 0 radical (unpaired) electrons. The summed E-state index contributed by atoms with van der Waals surface area (Å²) in [6.45, 7) is 6.85. The van der Waals surface area contributed by atoms with Crippen LogP contribution in [0.25, 0.3) is 27.8 Å². The van der Waals surface area contributed by atoms with Gasteiger partial charge in [0.2, 0.25) is 0 Å². The quantitative estimate of drug-likeness (QED) is 0.159. The van der Waals surface area contributed by atoms with E-state index in [0.717, 1.165) is 19.3 Å². The minimum Gasteiger partial charge on any atom is -0.0871 e. The minimum atomic E-state index is 0.0838. The summed E-state index contributed by atoms with van der Waals surface area (Å²) in [6.07, 6.45) is 12.5. The van der Waals surface area contributed by atoms with Gasteiger partial charge in [0.05, 0.1) is 0 Å². The van der Waals surface area contributed by atoms with Gasteiger partial charge in [-0.1, -0.05) is 166 Å². The van der Waals surface area contributed by atoms with Gasteiger partial charge in [-0.2, -0.15) is 0 Å². The standard InChI is InChI=1S/C45H44/c1-4-12-34(13-5-2)37-18-24-40(25-19-37)43(3)32-44(41-26-20-38(21-27-41)35-14-8-6-9-15-35)30-31-45(44,33-43)42-28-22-39(23-29-42)36-16-10-7-11-17-36/h4,6-29H,5,30-33H2,1-3H3/b12-4-,34-13+. The first kappa shape index (κ1) is 29.3. The lowest BCUT2D eigenvalue weighted by Crippen LogP contribution is -2.54. The lowest BCUT2D eigenvalue weighted by atomic mass is 9.46. The molecule has 2 atom stereocenters. The Bertz CT molecular complexity index is 1710. The molecule has 5 aromatic carbocycles. The van der Waals surface area contributed by atoms with E-state index in [4.69, 9.17) is 0 Å². The third kappa shape index (κ3) is 5.01. The van der Waals surface area contributed by atoms with Gasteiger partial charge >= 0.3 is 0 Å². The highest BCUT2D eigenvalue weighted by Crippen LogP contribution is 2.72. The predicted molar refractivity (Wildman–Crippen MR) is 192 cm³/mol. The number of allylic oxidation sites excluding steroid dienone is 4. The molecule has 2 unspecified atom stereocenters. The zero-order valence-electron chi connectivity index (χ0n) is 27.0. The molecular weight excluding hydrogens is 540 g/mol. The maximum Gasteiger partial charge on any atom is 0.00588 e. The Morgan fingerprint density at radius 3 is 1.38 bits per heavy atom. The topological polar surface area (TPSA) is 0 Å². The van der Waals surface area contributed by atoms with E-state index in [1.807, 2.05) is 0 Å². The largest absolute Gasteiger partial charge is 0.0871 e. The van der Waals surface area contributed by atoms with Crippen molar-refractivity contribution in [3.8, 4) is 22.3 Å². The molecule has 45 heavy (non-hydrogen) atoms. The Morgan fingerprint density at radius 1 is 0.556 bits per heavy atom. The zero-order chi connectivity index (χ0) is 30.9. The molecule has 5 aromatic rings. The average molecular weight is 585 g/mol. The Labute approximate surface area is 270 Å². The van der Waals surface area contributed by atoms with Gasteiger partial charge < -0.3 is 0 Å². The molecule has 0 bridgehead atoms. The third-order valence-electron chi connectivity index (χ3n) is 11.1. The second-order valence-electron chi connectivity index (χ2n) is 13.6. The zero-order valence-corrected chi connectivity index (χ0v) is 27.0. The van der Waals surface area contributed by atoms with E-state index < -0.39 is 0 Å². The highest BCUT2D eigenvalue weighted by Gasteiger charge is 2.68. The lowest BCUT2D eigenvalue weighted by molar-refractivity contribution is 0.107. The first-order valence-electron chi connectivity index (χ1n) is 16.8. The van der Waals surface area contributed by atoms with Gasteiger partial charge in [-0.15, -0.1) is 0 Å². The molecule has 7 rings (SSSR count). The average Bonchev–Trinajstić information content (AvgIpc) is 3.29. The second kappa shape index (κ2) is 11.8. The van der Waals surface area contributed by atoms with Crippen LogP contribution in [0.1, 0.15) is 75.1 Å². The summed E-state index contributed by atoms with van der Waals surface area (Å²) in [5.41, 5.74) is 12.6. The first-order valence-corrected chi connectivity index (χ1v) is 16.8. The molecule has 2 aliphatic carbocycles. The number of hydrogen-bond acceptors (Lipinski definition) is 0. The molecule has 2 aliphatic rings. The van der Waals surface area contributed by atoms with Gasteiger partial charge in [-0.3, -0.25) is 0 Å². The Hall–Kier alpha value is -4.42.